The summed E-state index contributed by atoms with van der Waals surface area (Å²) in [6.45, 7) is 5.77. The van der Waals surface area contributed by atoms with Gasteiger partial charge in [0, 0.05) is 7.11 Å². The molecule has 8 heteroatoms. The SMILES string of the molecule is C=Cc1ccc(B2[C@@]3(O)[C@]2(O)[C@@H](OC)O[C@@H]2C(O)B(c4ccc(C=C)cc4)[C@@]23O)cc1. The summed E-state index contributed by atoms with van der Waals surface area (Å²) in [5.74, 6) is 0. The second kappa shape index (κ2) is 6.65. The van der Waals surface area contributed by atoms with E-state index in [2.05, 4.69) is 13.2 Å². The topological polar surface area (TPSA) is 99.4 Å². The fraction of sp³-hybridized carbons (Fsp3) is 0.304. The van der Waals surface area contributed by atoms with Gasteiger partial charge in [-0.15, -0.1) is 0 Å². The fourth-order valence-electron chi connectivity index (χ4n) is 5.81. The number of methoxy groups -OCH3 is 1. The minimum atomic E-state index is -1.97. The van der Waals surface area contributed by atoms with E-state index in [0.717, 1.165) is 11.1 Å². The van der Waals surface area contributed by atoms with Crippen LogP contribution in [0.2, 0.25) is 0 Å². The molecule has 0 amide bonds. The summed E-state index contributed by atoms with van der Waals surface area (Å²) in [6, 6.07) is 13.3. The van der Waals surface area contributed by atoms with Gasteiger partial charge in [-0.05, 0) is 11.1 Å². The Bertz CT molecular complexity index is 1040. The molecule has 5 rings (SSSR count). The molecule has 0 bridgehead atoms. The summed E-state index contributed by atoms with van der Waals surface area (Å²) >= 11 is 0. The molecule has 3 aliphatic heterocycles. The van der Waals surface area contributed by atoms with Gasteiger partial charge in [0.05, 0.1) is 17.0 Å². The first-order valence-electron chi connectivity index (χ1n) is 10.3. The van der Waals surface area contributed by atoms with Crippen molar-refractivity contribution in [3.8, 4) is 0 Å². The number of hydrogen-bond donors (Lipinski definition) is 4. The van der Waals surface area contributed by atoms with Crippen molar-refractivity contribution in [2.24, 2.45) is 0 Å². The van der Waals surface area contributed by atoms with E-state index in [0.29, 0.717) is 10.9 Å². The first kappa shape index (κ1) is 20.7. The molecule has 158 valence electrons. The van der Waals surface area contributed by atoms with E-state index in [1.165, 1.54) is 7.11 Å². The Morgan fingerprint density at radius 1 is 0.903 bits per heavy atom. The third-order valence-corrected chi connectivity index (χ3v) is 7.44. The van der Waals surface area contributed by atoms with Crippen molar-refractivity contribution >= 4 is 36.5 Å². The highest BCUT2D eigenvalue weighted by Gasteiger charge is 2.97. The number of rotatable bonds is 5. The summed E-state index contributed by atoms with van der Waals surface area (Å²) in [6.07, 6.45) is 1.08. The highest BCUT2D eigenvalue weighted by atomic mass is 16.7. The van der Waals surface area contributed by atoms with E-state index in [4.69, 9.17) is 9.47 Å². The zero-order valence-corrected chi connectivity index (χ0v) is 17.2. The molecule has 2 aromatic carbocycles. The molecule has 1 unspecified atom stereocenters. The number of fused-ring (bicyclic) bond motifs is 3. The molecule has 31 heavy (non-hydrogen) atoms. The van der Waals surface area contributed by atoms with Gasteiger partial charge in [0.25, 0.3) is 13.4 Å². The molecule has 4 N–H and O–H groups in total. The van der Waals surface area contributed by atoms with Crippen LogP contribution in [-0.4, -0.2) is 75.9 Å². The Balaban J connectivity index is 1.60. The third-order valence-electron chi connectivity index (χ3n) is 7.44. The van der Waals surface area contributed by atoms with Gasteiger partial charge in [-0.2, -0.15) is 0 Å². The maximum Gasteiger partial charge on any atom is 0.265 e. The van der Waals surface area contributed by atoms with E-state index in [1.807, 2.05) is 24.3 Å². The summed E-state index contributed by atoms with van der Waals surface area (Å²) in [5.41, 5.74) is -2.70. The summed E-state index contributed by atoms with van der Waals surface area (Å²) in [7, 11) is 1.36. The van der Waals surface area contributed by atoms with Gasteiger partial charge in [-0.25, -0.2) is 0 Å². The molecule has 0 aliphatic carbocycles. The number of hydrogen-bond acceptors (Lipinski definition) is 6. The zero-order valence-electron chi connectivity index (χ0n) is 17.2. The lowest BCUT2D eigenvalue weighted by Crippen LogP contribution is -2.89. The Morgan fingerprint density at radius 2 is 1.42 bits per heavy atom. The highest BCUT2D eigenvalue weighted by Crippen LogP contribution is 2.64. The van der Waals surface area contributed by atoms with Crippen LogP contribution in [0.4, 0.5) is 0 Å². The minimum absolute atomic E-state index is 0.637. The molecule has 2 aromatic rings. The molecular formula is C23H24B2O6. The summed E-state index contributed by atoms with van der Waals surface area (Å²) in [4.78, 5) is 0. The van der Waals surface area contributed by atoms with Crippen molar-refractivity contribution in [1.82, 2.24) is 0 Å². The molecular weight excluding hydrogens is 394 g/mol. The first-order valence-corrected chi connectivity index (χ1v) is 10.3. The predicted molar refractivity (Wildman–Crippen MR) is 120 cm³/mol. The Hall–Kier alpha value is -2.19. The van der Waals surface area contributed by atoms with Crippen LogP contribution in [0.3, 0.4) is 0 Å². The van der Waals surface area contributed by atoms with Crippen LogP contribution in [0.5, 0.6) is 0 Å². The molecule has 3 saturated heterocycles. The normalized spacial score (nSPS) is 38.0. The molecule has 0 radical (unpaired) electrons. The summed E-state index contributed by atoms with van der Waals surface area (Å²) < 4.78 is 11.1. The van der Waals surface area contributed by atoms with Crippen molar-refractivity contribution in [2.75, 3.05) is 7.11 Å². The van der Waals surface area contributed by atoms with Gasteiger partial charge in [-0.3, -0.25) is 0 Å². The van der Waals surface area contributed by atoms with Crippen molar-refractivity contribution in [1.29, 1.82) is 0 Å². The van der Waals surface area contributed by atoms with Crippen LogP contribution in [0.1, 0.15) is 11.1 Å². The molecule has 0 aromatic heterocycles. The maximum absolute atomic E-state index is 11.8. The largest absolute Gasteiger partial charge is 0.398 e. The van der Waals surface area contributed by atoms with E-state index in [-0.39, 0.29) is 0 Å². The van der Waals surface area contributed by atoms with Gasteiger partial charge in [0.2, 0.25) is 0 Å². The van der Waals surface area contributed by atoms with Gasteiger partial charge >= 0.3 is 0 Å². The summed E-state index contributed by atoms with van der Waals surface area (Å²) in [5, 5.41) is 46.1. The molecule has 6 atom stereocenters. The van der Waals surface area contributed by atoms with Gasteiger partial charge < -0.3 is 29.9 Å². The standard InChI is InChI=1S/C23H24B2O6/c1-4-14-6-10-16(11-7-14)24-19(26)18-21(24,27)23(29)22(28,20(30-3)31-18)25(23)17-12-8-15(5-2)9-13-17/h4-13,18-20,26-29H,1-2H2,3H3/t18-,19?,20+,21-,22-,23+/m1/s1. The van der Waals surface area contributed by atoms with E-state index < -0.39 is 48.3 Å². The Kier molecular flexibility index (Phi) is 4.44. The number of benzene rings is 2. The monoisotopic (exact) mass is 418 g/mol. The molecule has 3 aliphatic rings. The Labute approximate surface area is 181 Å². The van der Waals surface area contributed by atoms with Crippen molar-refractivity contribution in [3.05, 3.63) is 72.8 Å². The lowest BCUT2D eigenvalue weighted by molar-refractivity contribution is -0.326. The lowest BCUT2D eigenvalue weighted by atomic mass is 9.17. The molecule has 6 nitrogen and oxygen atoms in total. The van der Waals surface area contributed by atoms with Crippen molar-refractivity contribution < 1.29 is 29.9 Å². The Morgan fingerprint density at radius 3 is 1.90 bits per heavy atom. The van der Waals surface area contributed by atoms with Crippen LogP contribution in [0.25, 0.3) is 12.2 Å². The van der Waals surface area contributed by atoms with Gasteiger partial charge in [0.1, 0.15) is 11.6 Å². The quantitative estimate of drug-likeness (QED) is 0.475. The second-order valence-corrected chi connectivity index (χ2v) is 8.68. The highest BCUT2D eigenvalue weighted by molar-refractivity contribution is 6.94. The van der Waals surface area contributed by atoms with Crippen LogP contribution in [0.15, 0.2) is 61.7 Å². The number of ether oxygens (including phenoxy) is 2. The second-order valence-electron chi connectivity index (χ2n) is 8.68. The van der Waals surface area contributed by atoms with Gasteiger partial charge in [0.15, 0.2) is 6.29 Å². The zero-order chi connectivity index (χ0) is 22.2. The van der Waals surface area contributed by atoms with Crippen LogP contribution in [-0.2, 0) is 9.47 Å². The van der Waals surface area contributed by atoms with Crippen LogP contribution < -0.4 is 10.9 Å². The minimum Gasteiger partial charge on any atom is -0.398 e. The van der Waals surface area contributed by atoms with E-state index in [1.54, 1.807) is 36.4 Å². The average molecular weight is 418 g/mol. The first-order chi connectivity index (χ1) is 14.8. The third kappa shape index (κ3) is 2.30. The van der Waals surface area contributed by atoms with E-state index in [9.17, 15) is 20.4 Å². The van der Waals surface area contributed by atoms with Crippen molar-refractivity contribution in [3.63, 3.8) is 0 Å². The number of aliphatic hydroxyl groups excluding tert-OH is 1. The molecule has 3 heterocycles. The maximum atomic E-state index is 11.8. The smallest absolute Gasteiger partial charge is 0.265 e. The van der Waals surface area contributed by atoms with Crippen LogP contribution in [0, 0.1) is 0 Å². The predicted octanol–water partition coefficient (Wildman–Crippen LogP) is -0.814. The van der Waals surface area contributed by atoms with Crippen LogP contribution >= 0.6 is 0 Å². The molecule has 3 fully saturated rings. The van der Waals surface area contributed by atoms with E-state index >= 15 is 0 Å². The average Bonchev–Trinajstić information content (AvgIpc) is 3.32. The van der Waals surface area contributed by atoms with Gasteiger partial charge in [-0.1, -0.05) is 84.8 Å². The van der Waals surface area contributed by atoms with Crippen molar-refractivity contribution in [2.45, 2.75) is 34.9 Å². The molecule has 0 spiro atoms. The fourth-order valence-corrected chi connectivity index (χ4v) is 5.81. The lowest BCUT2D eigenvalue weighted by Gasteiger charge is -2.61. The number of aliphatic hydroxyl groups is 4. The molecule has 0 saturated carbocycles.